The van der Waals surface area contributed by atoms with E-state index in [9.17, 15) is 13.2 Å². The summed E-state index contributed by atoms with van der Waals surface area (Å²) in [5, 5.41) is 0. The number of amides is 1. The van der Waals surface area contributed by atoms with E-state index in [0.29, 0.717) is 45.1 Å². The van der Waals surface area contributed by atoms with Gasteiger partial charge in [-0.1, -0.05) is 6.07 Å². The van der Waals surface area contributed by atoms with Gasteiger partial charge in [-0.3, -0.25) is 9.69 Å². The number of piperidine rings is 1. The van der Waals surface area contributed by atoms with Gasteiger partial charge in [0.2, 0.25) is 15.9 Å². The van der Waals surface area contributed by atoms with Crippen LogP contribution in [0, 0.1) is 5.41 Å². The highest BCUT2D eigenvalue weighted by atomic mass is 32.2. The summed E-state index contributed by atoms with van der Waals surface area (Å²) in [6, 6.07) is 6.50. The van der Waals surface area contributed by atoms with Crippen LogP contribution in [0.25, 0.3) is 0 Å². The summed E-state index contributed by atoms with van der Waals surface area (Å²) in [6.45, 7) is 4.30. The highest BCUT2D eigenvalue weighted by Crippen LogP contribution is 2.44. The number of likely N-dealkylation sites (tertiary alicyclic amines) is 1. The van der Waals surface area contributed by atoms with Gasteiger partial charge >= 0.3 is 0 Å². The van der Waals surface area contributed by atoms with E-state index >= 15 is 0 Å². The van der Waals surface area contributed by atoms with Crippen molar-refractivity contribution in [1.82, 2.24) is 14.1 Å². The normalized spacial score (nSPS) is 25.5. The van der Waals surface area contributed by atoms with Gasteiger partial charge in [-0.25, -0.2) is 8.42 Å². The summed E-state index contributed by atoms with van der Waals surface area (Å²) in [7, 11) is -0.0103. The Hall–Kier alpha value is -1.68. The molecule has 0 N–H and O–H groups in total. The number of likely N-dealkylation sites (N-methyl/N-ethyl adjacent to an activating group) is 1. The van der Waals surface area contributed by atoms with E-state index in [1.807, 2.05) is 11.9 Å². The number of hydrogen-bond donors (Lipinski definition) is 0. The van der Waals surface area contributed by atoms with Crippen LogP contribution in [0.3, 0.4) is 0 Å². The Kier molecular flexibility index (Phi) is 6.07. The van der Waals surface area contributed by atoms with Crippen molar-refractivity contribution in [2.75, 3.05) is 60.1 Å². The van der Waals surface area contributed by atoms with Gasteiger partial charge in [-0.2, -0.15) is 4.31 Å². The Morgan fingerprint density at radius 3 is 2.53 bits per heavy atom. The van der Waals surface area contributed by atoms with E-state index in [0.717, 1.165) is 25.8 Å². The number of methoxy groups -OCH3 is 1. The number of nitrogens with zero attached hydrogens (tertiary/aromatic N) is 3. The molecule has 166 valence electrons. The first kappa shape index (κ1) is 21.5. The molecule has 9 heteroatoms. The number of rotatable bonds is 4. The molecule has 8 nitrogen and oxygen atoms in total. The molecule has 1 aromatic rings. The molecule has 3 saturated heterocycles. The fourth-order valence-corrected chi connectivity index (χ4v) is 6.49. The summed E-state index contributed by atoms with van der Waals surface area (Å²) < 4.78 is 38.3. The molecule has 0 radical (unpaired) electrons. The highest BCUT2D eigenvalue weighted by molar-refractivity contribution is 7.89. The number of carbonyl (C=O) groups is 1. The number of ether oxygens (including phenoxy) is 2. The van der Waals surface area contributed by atoms with Crippen LogP contribution in [-0.4, -0.2) is 94.6 Å². The Bertz CT molecular complexity index is 876. The molecular weight excluding hydrogens is 406 g/mol. The van der Waals surface area contributed by atoms with Crippen molar-refractivity contribution in [2.24, 2.45) is 5.41 Å². The molecule has 30 heavy (non-hydrogen) atoms. The second-order valence-corrected chi connectivity index (χ2v) is 10.6. The topological polar surface area (TPSA) is 79.4 Å². The number of sulfonamides is 1. The minimum Gasteiger partial charge on any atom is -0.497 e. The van der Waals surface area contributed by atoms with Crippen LogP contribution in [0.1, 0.15) is 19.3 Å². The molecule has 0 bridgehead atoms. The van der Waals surface area contributed by atoms with Gasteiger partial charge in [0.15, 0.2) is 0 Å². The van der Waals surface area contributed by atoms with Gasteiger partial charge < -0.3 is 14.4 Å². The van der Waals surface area contributed by atoms with Gasteiger partial charge in [0.25, 0.3) is 0 Å². The molecule has 3 aliphatic heterocycles. The van der Waals surface area contributed by atoms with Crippen molar-refractivity contribution >= 4 is 15.9 Å². The smallest absolute Gasteiger partial charge is 0.243 e. The first-order chi connectivity index (χ1) is 14.3. The van der Waals surface area contributed by atoms with Crippen LogP contribution < -0.4 is 4.74 Å². The van der Waals surface area contributed by atoms with Crippen LogP contribution in [-0.2, 0) is 19.6 Å². The first-order valence-electron chi connectivity index (χ1n) is 10.6. The lowest BCUT2D eigenvalue weighted by molar-refractivity contribution is -0.139. The Morgan fingerprint density at radius 1 is 1.17 bits per heavy atom. The molecule has 0 saturated carbocycles. The van der Waals surface area contributed by atoms with Gasteiger partial charge in [0.05, 0.1) is 31.3 Å². The maximum absolute atomic E-state index is 13.1. The maximum atomic E-state index is 13.1. The predicted octanol–water partition coefficient (Wildman–Crippen LogP) is 1.03. The largest absolute Gasteiger partial charge is 0.497 e. The standard InChI is InChI=1S/C21H31N3O5S/c1-22-16-21(15-19(22)20(25)23-10-12-29-13-11-23)6-8-24(9-7-21)30(26,27)18-5-3-4-17(14-18)28-2/h3-5,14,19H,6-13,15-16H2,1-2H3. The lowest BCUT2D eigenvalue weighted by atomic mass is 9.77. The minimum atomic E-state index is -3.55. The van der Waals surface area contributed by atoms with Crippen molar-refractivity contribution in [1.29, 1.82) is 0 Å². The second-order valence-electron chi connectivity index (χ2n) is 8.66. The lowest BCUT2D eigenvalue weighted by Gasteiger charge is -2.38. The zero-order valence-corrected chi connectivity index (χ0v) is 18.6. The third-order valence-corrected chi connectivity index (χ3v) is 8.71. The summed E-state index contributed by atoms with van der Waals surface area (Å²) in [5.74, 6) is 0.718. The number of carbonyl (C=O) groups excluding carboxylic acids is 1. The third-order valence-electron chi connectivity index (χ3n) is 6.81. The molecule has 1 unspecified atom stereocenters. The maximum Gasteiger partial charge on any atom is 0.243 e. The molecule has 1 spiro atoms. The van der Waals surface area contributed by atoms with Gasteiger partial charge in [0, 0.05) is 38.8 Å². The van der Waals surface area contributed by atoms with Crippen LogP contribution >= 0.6 is 0 Å². The molecule has 0 aliphatic carbocycles. The molecule has 0 aromatic heterocycles. The van der Waals surface area contributed by atoms with Crippen LogP contribution in [0.15, 0.2) is 29.2 Å². The third kappa shape index (κ3) is 4.08. The second kappa shape index (κ2) is 8.45. The molecular formula is C21H31N3O5S. The highest BCUT2D eigenvalue weighted by Gasteiger charge is 2.48. The molecule has 3 heterocycles. The molecule has 4 rings (SSSR count). The SMILES string of the molecule is COc1cccc(S(=O)(=O)N2CCC3(CC2)CC(C(=O)N2CCOCC2)N(C)C3)c1. The number of hydrogen-bond acceptors (Lipinski definition) is 6. The molecule has 1 aromatic carbocycles. The van der Waals surface area contributed by atoms with E-state index in [1.165, 1.54) is 7.11 Å². The minimum absolute atomic E-state index is 0.00175. The van der Waals surface area contributed by atoms with E-state index < -0.39 is 10.0 Å². The Labute approximate surface area is 178 Å². The van der Waals surface area contributed by atoms with E-state index in [2.05, 4.69) is 4.90 Å². The van der Waals surface area contributed by atoms with Gasteiger partial charge in [0.1, 0.15) is 5.75 Å². The van der Waals surface area contributed by atoms with Crippen molar-refractivity contribution in [3.63, 3.8) is 0 Å². The van der Waals surface area contributed by atoms with Crippen molar-refractivity contribution in [3.05, 3.63) is 24.3 Å². The number of benzene rings is 1. The summed E-state index contributed by atoms with van der Waals surface area (Å²) >= 11 is 0. The molecule has 3 aliphatic rings. The van der Waals surface area contributed by atoms with E-state index in [-0.39, 0.29) is 22.3 Å². The summed E-state index contributed by atoms with van der Waals surface area (Å²) in [4.78, 5) is 17.3. The van der Waals surface area contributed by atoms with Crippen molar-refractivity contribution in [2.45, 2.75) is 30.2 Å². The zero-order chi connectivity index (χ0) is 21.4. The zero-order valence-electron chi connectivity index (χ0n) is 17.7. The summed E-state index contributed by atoms with van der Waals surface area (Å²) in [5.41, 5.74) is 0.00175. The summed E-state index contributed by atoms with van der Waals surface area (Å²) in [6.07, 6.45) is 2.34. The predicted molar refractivity (Wildman–Crippen MR) is 112 cm³/mol. The fourth-order valence-electron chi connectivity index (χ4n) is 5.01. The average molecular weight is 438 g/mol. The lowest BCUT2D eigenvalue weighted by Crippen LogP contribution is -2.48. The monoisotopic (exact) mass is 437 g/mol. The Balaban J connectivity index is 1.41. The molecule has 1 atom stereocenters. The van der Waals surface area contributed by atoms with Crippen LogP contribution in [0.4, 0.5) is 0 Å². The van der Waals surface area contributed by atoms with Crippen molar-refractivity contribution < 1.29 is 22.7 Å². The van der Waals surface area contributed by atoms with Gasteiger partial charge in [-0.05, 0) is 43.9 Å². The van der Waals surface area contributed by atoms with Crippen molar-refractivity contribution in [3.8, 4) is 5.75 Å². The fraction of sp³-hybridized carbons (Fsp3) is 0.667. The number of morpholine rings is 1. The average Bonchev–Trinajstić information content (AvgIpc) is 3.09. The quantitative estimate of drug-likeness (QED) is 0.700. The van der Waals surface area contributed by atoms with Gasteiger partial charge in [-0.15, -0.1) is 0 Å². The van der Waals surface area contributed by atoms with E-state index in [4.69, 9.17) is 9.47 Å². The van der Waals surface area contributed by atoms with Crippen LogP contribution in [0.5, 0.6) is 5.75 Å². The Morgan fingerprint density at radius 2 is 1.87 bits per heavy atom. The van der Waals surface area contributed by atoms with Crippen LogP contribution in [0.2, 0.25) is 0 Å². The first-order valence-corrected chi connectivity index (χ1v) is 12.0. The molecule has 1 amide bonds. The molecule has 3 fully saturated rings. The van der Waals surface area contributed by atoms with E-state index in [1.54, 1.807) is 28.6 Å².